The molecule has 0 radical (unpaired) electrons. The van der Waals surface area contributed by atoms with Crippen LogP contribution < -0.4 is 11.2 Å². The minimum atomic E-state index is -0.583. The molecule has 0 aliphatic rings. The summed E-state index contributed by atoms with van der Waals surface area (Å²) >= 11 is 1.49. The highest BCUT2D eigenvalue weighted by atomic mass is 32.1. The molecule has 0 saturated heterocycles. The quantitative estimate of drug-likeness (QED) is 0.615. The van der Waals surface area contributed by atoms with Crippen molar-refractivity contribution in [2.45, 2.75) is 45.8 Å². The smallest absolute Gasteiger partial charge is 0.328 e. The lowest BCUT2D eigenvalue weighted by atomic mass is 10.1. The first-order valence-corrected chi connectivity index (χ1v) is 10.3. The van der Waals surface area contributed by atoms with Crippen molar-refractivity contribution in [3.8, 4) is 0 Å². The predicted octanol–water partition coefficient (Wildman–Crippen LogP) is 2.35. The van der Waals surface area contributed by atoms with Crippen LogP contribution in [0.1, 0.15) is 29.5 Å². The summed E-state index contributed by atoms with van der Waals surface area (Å²) in [4.78, 5) is 45.0. The zero-order valence-electron chi connectivity index (χ0n) is 16.5. The van der Waals surface area contributed by atoms with E-state index >= 15 is 0 Å². The number of benzene rings is 1. The van der Waals surface area contributed by atoms with Crippen molar-refractivity contribution in [3.05, 3.63) is 85.1 Å². The van der Waals surface area contributed by atoms with Crippen LogP contribution in [0, 0.1) is 6.92 Å². The number of rotatable bonds is 8. The molecule has 29 heavy (non-hydrogen) atoms. The van der Waals surface area contributed by atoms with Crippen LogP contribution in [0.4, 0.5) is 0 Å². The van der Waals surface area contributed by atoms with E-state index in [2.05, 4.69) is 22.1 Å². The van der Waals surface area contributed by atoms with Gasteiger partial charge in [0, 0.05) is 29.4 Å². The second kappa shape index (κ2) is 9.47. The second-order valence-corrected chi connectivity index (χ2v) is 8.00. The Balaban J connectivity index is 1.77. The lowest BCUT2D eigenvalue weighted by molar-refractivity contribution is -0.134. The van der Waals surface area contributed by atoms with Crippen LogP contribution in [0.25, 0.3) is 0 Å². The molecule has 0 aliphatic carbocycles. The van der Waals surface area contributed by atoms with E-state index in [-0.39, 0.29) is 18.5 Å². The first-order valence-electron chi connectivity index (χ1n) is 9.46. The highest BCUT2D eigenvalue weighted by molar-refractivity contribution is 7.09. The molecule has 3 aromatic rings. The summed E-state index contributed by atoms with van der Waals surface area (Å²) in [6.07, 6.45) is 4.78. The van der Waals surface area contributed by atoms with Gasteiger partial charge in [-0.1, -0.05) is 30.3 Å². The topological polar surface area (TPSA) is 88.1 Å². The van der Waals surface area contributed by atoms with Crippen LogP contribution >= 0.6 is 11.3 Å². The second-order valence-electron chi connectivity index (χ2n) is 7.02. The van der Waals surface area contributed by atoms with Crippen LogP contribution in [0.15, 0.2) is 57.7 Å². The molecular weight excluding hydrogens is 388 g/mol. The van der Waals surface area contributed by atoms with Gasteiger partial charge in [-0.25, -0.2) is 9.78 Å². The summed E-state index contributed by atoms with van der Waals surface area (Å²) in [6, 6.07) is 10.1. The number of aromatic nitrogens is 3. The van der Waals surface area contributed by atoms with Gasteiger partial charge in [0.1, 0.15) is 11.6 Å². The number of thiazole rings is 1. The van der Waals surface area contributed by atoms with E-state index in [0.717, 1.165) is 17.8 Å². The van der Waals surface area contributed by atoms with Crippen molar-refractivity contribution in [1.29, 1.82) is 0 Å². The number of carbonyl (C=O) groups excluding carboxylic acids is 1. The van der Waals surface area contributed by atoms with Gasteiger partial charge in [-0.2, -0.15) is 0 Å². The first kappa shape index (κ1) is 20.7. The van der Waals surface area contributed by atoms with E-state index < -0.39 is 11.2 Å². The van der Waals surface area contributed by atoms with E-state index in [1.165, 1.54) is 27.7 Å². The minimum Gasteiger partial charge on any atom is -0.332 e. The molecule has 0 fully saturated rings. The Bertz CT molecular complexity index is 1060. The maximum absolute atomic E-state index is 13.1. The SMILES string of the molecule is Cc1cn(CC(=O)N(Cc2nccs2)[C@@H](C)CCc2ccccc2)c(=O)[nH]c1=O. The predicted molar refractivity (Wildman–Crippen MR) is 113 cm³/mol. The third-order valence-electron chi connectivity index (χ3n) is 4.83. The van der Waals surface area contributed by atoms with Crippen molar-refractivity contribution < 1.29 is 4.79 Å². The zero-order chi connectivity index (χ0) is 20.8. The third kappa shape index (κ3) is 5.51. The van der Waals surface area contributed by atoms with Gasteiger partial charge in [-0.15, -0.1) is 11.3 Å². The Morgan fingerprint density at radius 3 is 2.72 bits per heavy atom. The summed E-state index contributed by atoms with van der Waals surface area (Å²) in [6.45, 7) is 3.88. The molecule has 152 valence electrons. The largest absolute Gasteiger partial charge is 0.332 e. The van der Waals surface area contributed by atoms with Crippen molar-refractivity contribution in [2.24, 2.45) is 0 Å². The first-order chi connectivity index (χ1) is 13.9. The molecular formula is C21H24N4O3S. The summed E-state index contributed by atoms with van der Waals surface area (Å²) in [5.41, 5.74) is 0.587. The van der Waals surface area contributed by atoms with Gasteiger partial charge in [0.15, 0.2) is 0 Å². The fraction of sp³-hybridized carbons (Fsp3) is 0.333. The van der Waals surface area contributed by atoms with E-state index in [4.69, 9.17) is 0 Å². The van der Waals surface area contributed by atoms with Crippen LogP contribution in [0.5, 0.6) is 0 Å². The van der Waals surface area contributed by atoms with Gasteiger partial charge < -0.3 is 4.90 Å². The number of hydrogen-bond donors (Lipinski definition) is 1. The van der Waals surface area contributed by atoms with E-state index in [0.29, 0.717) is 12.1 Å². The lowest BCUT2D eigenvalue weighted by Crippen LogP contribution is -2.42. The van der Waals surface area contributed by atoms with Crippen molar-refractivity contribution in [1.82, 2.24) is 19.4 Å². The van der Waals surface area contributed by atoms with Gasteiger partial charge in [-0.05, 0) is 32.3 Å². The maximum atomic E-state index is 13.1. The van der Waals surface area contributed by atoms with Crippen LogP contribution in [-0.2, 0) is 24.3 Å². The number of aromatic amines is 1. The summed E-state index contributed by atoms with van der Waals surface area (Å²) in [5.74, 6) is -0.186. The van der Waals surface area contributed by atoms with Gasteiger partial charge in [-0.3, -0.25) is 19.1 Å². The summed E-state index contributed by atoms with van der Waals surface area (Å²) in [7, 11) is 0. The molecule has 2 aromatic heterocycles. The summed E-state index contributed by atoms with van der Waals surface area (Å²) in [5, 5.41) is 2.72. The average Bonchev–Trinajstić information content (AvgIpc) is 3.22. The molecule has 0 saturated carbocycles. The number of hydrogen-bond acceptors (Lipinski definition) is 5. The molecule has 0 spiro atoms. The Hall–Kier alpha value is -3.00. The van der Waals surface area contributed by atoms with Crippen molar-refractivity contribution in [2.75, 3.05) is 0 Å². The maximum Gasteiger partial charge on any atom is 0.328 e. The van der Waals surface area contributed by atoms with Crippen molar-refractivity contribution in [3.63, 3.8) is 0 Å². The van der Waals surface area contributed by atoms with Gasteiger partial charge in [0.05, 0.1) is 6.54 Å². The molecule has 8 heteroatoms. The minimum absolute atomic E-state index is 0.0360. The highest BCUT2D eigenvalue weighted by Crippen LogP contribution is 2.16. The van der Waals surface area contributed by atoms with Gasteiger partial charge >= 0.3 is 5.69 Å². The number of aryl methyl sites for hydroxylation is 2. The van der Waals surface area contributed by atoms with Crippen LogP contribution in [-0.4, -0.2) is 31.4 Å². The molecule has 7 nitrogen and oxygen atoms in total. The molecule has 3 rings (SSSR count). The Labute approximate surface area is 172 Å². The van der Waals surface area contributed by atoms with Crippen molar-refractivity contribution >= 4 is 17.2 Å². The van der Waals surface area contributed by atoms with Crippen LogP contribution in [0.2, 0.25) is 0 Å². The summed E-state index contributed by atoms with van der Waals surface area (Å²) < 4.78 is 1.25. The van der Waals surface area contributed by atoms with E-state index in [9.17, 15) is 14.4 Å². The Kier molecular flexibility index (Phi) is 6.77. The molecule has 1 aromatic carbocycles. The lowest BCUT2D eigenvalue weighted by Gasteiger charge is -2.29. The standard InChI is InChI=1S/C21H24N4O3S/c1-15-12-24(21(28)23-20(15)27)14-19(26)25(13-18-22-10-11-29-18)16(2)8-9-17-6-4-3-5-7-17/h3-7,10-12,16H,8-9,13-14H2,1-2H3,(H,23,27,28)/t16-/m0/s1. The third-order valence-corrected chi connectivity index (χ3v) is 5.59. The fourth-order valence-corrected chi connectivity index (χ4v) is 3.73. The molecule has 2 heterocycles. The Morgan fingerprint density at radius 1 is 1.28 bits per heavy atom. The number of carbonyl (C=O) groups is 1. The number of H-pyrrole nitrogens is 1. The van der Waals surface area contributed by atoms with E-state index in [1.807, 2.05) is 30.5 Å². The molecule has 1 N–H and O–H groups in total. The normalized spacial score (nSPS) is 11.9. The average molecular weight is 413 g/mol. The number of amides is 1. The number of nitrogens with zero attached hydrogens (tertiary/aromatic N) is 3. The Morgan fingerprint density at radius 2 is 2.03 bits per heavy atom. The molecule has 0 unspecified atom stereocenters. The van der Waals surface area contributed by atoms with Crippen LogP contribution in [0.3, 0.4) is 0 Å². The molecule has 0 bridgehead atoms. The molecule has 1 atom stereocenters. The fourth-order valence-electron chi connectivity index (χ4n) is 3.12. The molecule has 1 amide bonds. The number of nitrogens with one attached hydrogen (secondary N) is 1. The van der Waals surface area contributed by atoms with E-state index in [1.54, 1.807) is 18.0 Å². The van der Waals surface area contributed by atoms with Gasteiger partial charge in [0.2, 0.25) is 5.91 Å². The highest BCUT2D eigenvalue weighted by Gasteiger charge is 2.22. The molecule has 0 aliphatic heterocycles. The zero-order valence-corrected chi connectivity index (χ0v) is 17.3. The van der Waals surface area contributed by atoms with Gasteiger partial charge in [0.25, 0.3) is 5.56 Å². The monoisotopic (exact) mass is 412 g/mol.